The standard InChI is InChI=1S/C19H22F3N3O/c1-4-6-14(5-2)26-12(3)15-9-10-25-16(11-13-7-8-13)23-24-18(25)17(15)19(20,21)22/h4-6,9-10,12-13H,7-8,11H2,1-3H3/b6-4-,14-5+/t12-/m0/s1. The number of allylic oxidation sites excluding steroid dienone is 3. The van der Waals surface area contributed by atoms with E-state index >= 15 is 0 Å². The third-order valence-electron chi connectivity index (χ3n) is 4.50. The van der Waals surface area contributed by atoms with Crippen LogP contribution in [0.25, 0.3) is 5.65 Å². The monoisotopic (exact) mass is 365 g/mol. The van der Waals surface area contributed by atoms with Crippen LogP contribution >= 0.6 is 0 Å². The van der Waals surface area contributed by atoms with E-state index in [1.54, 1.807) is 38.3 Å². The van der Waals surface area contributed by atoms with Gasteiger partial charge in [0.15, 0.2) is 5.65 Å². The molecule has 2 aromatic rings. The number of ether oxygens (including phenoxy) is 1. The zero-order chi connectivity index (χ0) is 18.9. The second-order valence-electron chi connectivity index (χ2n) is 6.55. The van der Waals surface area contributed by atoms with Crippen LogP contribution in [0.3, 0.4) is 0 Å². The Morgan fingerprint density at radius 3 is 2.65 bits per heavy atom. The Kier molecular flexibility index (Phi) is 5.07. The lowest BCUT2D eigenvalue weighted by Crippen LogP contribution is -2.15. The minimum absolute atomic E-state index is 0.0548. The van der Waals surface area contributed by atoms with Gasteiger partial charge < -0.3 is 4.74 Å². The van der Waals surface area contributed by atoms with Crippen LogP contribution in [0.5, 0.6) is 0 Å². The molecule has 1 aliphatic rings. The lowest BCUT2D eigenvalue weighted by atomic mass is 10.0. The summed E-state index contributed by atoms with van der Waals surface area (Å²) in [6.45, 7) is 5.20. The van der Waals surface area contributed by atoms with Crippen molar-refractivity contribution >= 4 is 5.65 Å². The van der Waals surface area contributed by atoms with Crippen molar-refractivity contribution in [3.8, 4) is 0 Å². The van der Waals surface area contributed by atoms with Crippen LogP contribution in [0.4, 0.5) is 13.2 Å². The van der Waals surface area contributed by atoms with E-state index in [1.165, 1.54) is 10.5 Å². The minimum Gasteiger partial charge on any atom is -0.486 e. The van der Waals surface area contributed by atoms with Crippen molar-refractivity contribution in [2.75, 3.05) is 0 Å². The second kappa shape index (κ2) is 7.13. The molecule has 0 aromatic carbocycles. The molecule has 0 amide bonds. The highest BCUT2D eigenvalue weighted by atomic mass is 19.4. The van der Waals surface area contributed by atoms with Crippen molar-refractivity contribution in [2.45, 2.75) is 52.3 Å². The quantitative estimate of drug-likeness (QED) is 0.518. The first-order valence-corrected chi connectivity index (χ1v) is 8.74. The molecule has 1 saturated carbocycles. The summed E-state index contributed by atoms with van der Waals surface area (Å²) >= 11 is 0. The second-order valence-corrected chi connectivity index (χ2v) is 6.55. The number of alkyl halides is 3. The maximum Gasteiger partial charge on any atom is 0.420 e. The maximum atomic E-state index is 13.8. The summed E-state index contributed by atoms with van der Waals surface area (Å²) in [5, 5.41) is 7.86. The van der Waals surface area contributed by atoms with Crippen molar-refractivity contribution in [1.82, 2.24) is 14.6 Å². The Morgan fingerprint density at radius 2 is 2.08 bits per heavy atom. The Labute approximate surface area is 150 Å². The van der Waals surface area contributed by atoms with Gasteiger partial charge in [0.25, 0.3) is 0 Å². The van der Waals surface area contributed by atoms with Gasteiger partial charge >= 0.3 is 6.18 Å². The summed E-state index contributed by atoms with van der Waals surface area (Å²) < 4.78 is 48.6. The van der Waals surface area contributed by atoms with E-state index in [4.69, 9.17) is 4.74 Å². The van der Waals surface area contributed by atoms with Crippen LogP contribution in [0.1, 0.15) is 56.7 Å². The van der Waals surface area contributed by atoms with Gasteiger partial charge in [-0.1, -0.05) is 6.08 Å². The Balaban J connectivity index is 2.04. The fourth-order valence-corrected chi connectivity index (χ4v) is 3.00. The smallest absolute Gasteiger partial charge is 0.420 e. The third-order valence-corrected chi connectivity index (χ3v) is 4.50. The number of hydrogen-bond acceptors (Lipinski definition) is 3. The topological polar surface area (TPSA) is 39.4 Å². The summed E-state index contributed by atoms with van der Waals surface area (Å²) in [6.07, 6.45) is 4.36. The number of hydrogen-bond donors (Lipinski definition) is 0. The molecule has 1 fully saturated rings. The molecule has 1 atom stereocenters. The van der Waals surface area contributed by atoms with Gasteiger partial charge in [0.1, 0.15) is 23.3 Å². The molecular formula is C19H22F3N3O. The number of pyridine rings is 1. The molecular weight excluding hydrogens is 343 g/mol. The van der Waals surface area contributed by atoms with Gasteiger partial charge in [-0.25, -0.2) is 0 Å². The highest BCUT2D eigenvalue weighted by Crippen LogP contribution is 2.39. The SMILES string of the molecule is C/C=C\C(=C/C)O[C@@H](C)c1ccn2c(CC3CC3)nnc2c1C(F)(F)F. The number of rotatable bonds is 6. The lowest BCUT2D eigenvalue weighted by molar-refractivity contribution is -0.138. The molecule has 0 aliphatic heterocycles. The van der Waals surface area contributed by atoms with E-state index in [-0.39, 0.29) is 11.2 Å². The van der Waals surface area contributed by atoms with Gasteiger partial charge in [-0.15, -0.1) is 10.2 Å². The molecule has 0 saturated heterocycles. The first kappa shape index (κ1) is 18.5. The highest BCUT2D eigenvalue weighted by Gasteiger charge is 2.39. The molecule has 7 heteroatoms. The van der Waals surface area contributed by atoms with Crippen LogP contribution in [0, 0.1) is 5.92 Å². The van der Waals surface area contributed by atoms with E-state index < -0.39 is 17.8 Å². The highest BCUT2D eigenvalue weighted by molar-refractivity contribution is 5.54. The normalized spacial score (nSPS) is 17.2. The molecule has 2 heterocycles. The Morgan fingerprint density at radius 1 is 1.35 bits per heavy atom. The fourth-order valence-electron chi connectivity index (χ4n) is 3.00. The van der Waals surface area contributed by atoms with Gasteiger partial charge in [0.05, 0.1) is 0 Å². The van der Waals surface area contributed by atoms with Crippen LogP contribution < -0.4 is 0 Å². The van der Waals surface area contributed by atoms with E-state index in [9.17, 15) is 13.2 Å². The fraction of sp³-hybridized carbons (Fsp3) is 0.474. The molecule has 0 spiro atoms. The largest absolute Gasteiger partial charge is 0.486 e. The molecule has 0 bridgehead atoms. The van der Waals surface area contributed by atoms with Crippen LogP contribution in [-0.4, -0.2) is 14.6 Å². The van der Waals surface area contributed by atoms with Crippen molar-refractivity contribution in [2.24, 2.45) is 5.92 Å². The summed E-state index contributed by atoms with van der Waals surface area (Å²) in [4.78, 5) is 0. The van der Waals surface area contributed by atoms with Crippen molar-refractivity contribution < 1.29 is 17.9 Å². The molecule has 2 aromatic heterocycles. The number of fused-ring (bicyclic) bond motifs is 1. The number of halogens is 3. The molecule has 140 valence electrons. The van der Waals surface area contributed by atoms with Gasteiger partial charge in [-0.05, 0) is 57.7 Å². The first-order valence-electron chi connectivity index (χ1n) is 8.74. The average Bonchev–Trinajstić information content (AvgIpc) is 3.31. The van der Waals surface area contributed by atoms with Crippen molar-refractivity contribution in [3.63, 3.8) is 0 Å². The van der Waals surface area contributed by atoms with Crippen LogP contribution in [0.2, 0.25) is 0 Å². The van der Waals surface area contributed by atoms with E-state index in [1.807, 2.05) is 6.92 Å². The van der Waals surface area contributed by atoms with Gasteiger partial charge in [-0.2, -0.15) is 13.2 Å². The third kappa shape index (κ3) is 3.76. The molecule has 0 unspecified atom stereocenters. The first-order chi connectivity index (χ1) is 12.3. The molecule has 0 radical (unpaired) electrons. The number of nitrogens with zero attached hydrogens (tertiary/aromatic N) is 3. The zero-order valence-electron chi connectivity index (χ0n) is 15.0. The minimum atomic E-state index is -4.55. The molecule has 4 nitrogen and oxygen atoms in total. The van der Waals surface area contributed by atoms with Gasteiger partial charge in [-0.3, -0.25) is 4.40 Å². The van der Waals surface area contributed by atoms with Crippen molar-refractivity contribution in [3.05, 3.63) is 53.2 Å². The maximum absolute atomic E-state index is 13.8. The summed E-state index contributed by atoms with van der Waals surface area (Å²) in [5.41, 5.74) is -0.883. The van der Waals surface area contributed by atoms with Crippen LogP contribution in [0.15, 0.2) is 36.3 Å². The molecule has 0 N–H and O–H groups in total. The zero-order valence-corrected chi connectivity index (χ0v) is 15.0. The average molecular weight is 365 g/mol. The lowest BCUT2D eigenvalue weighted by Gasteiger charge is -2.20. The molecule has 1 aliphatic carbocycles. The Hall–Kier alpha value is -2.31. The number of aromatic nitrogens is 3. The molecule has 26 heavy (non-hydrogen) atoms. The van der Waals surface area contributed by atoms with Crippen LogP contribution in [-0.2, 0) is 17.3 Å². The molecule has 3 rings (SSSR count). The predicted molar refractivity (Wildman–Crippen MR) is 92.5 cm³/mol. The van der Waals surface area contributed by atoms with E-state index in [0.29, 0.717) is 23.9 Å². The summed E-state index contributed by atoms with van der Waals surface area (Å²) in [5.74, 6) is 1.61. The predicted octanol–water partition coefficient (Wildman–Crippen LogP) is 5.26. The summed E-state index contributed by atoms with van der Waals surface area (Å²) in [7, 11) is 0. The van der Waals surface area contributed by atoms with E-state index in [2.05, 4.69) is 10.2 Å². The van der Waals surface area contributed by atoms with Gasteiger partial charge in [0, 0.05) is 18.2 Å². The Bertz CT molecular complexity index is 848. The van der Waals surface area contributed by atoms with Gasteiger partial charge in [0.2, 0.25) is 0 Å². The van der Waals surface area contributed by atoms with Crippen molar-refractivity contribution in [1.29, 1.82) is 0 Å². The summed E-state index contributed by atoms with van der Waals surface area (Å²) in [6, 6.07) is 1.46. The van der Waals surface area contributed by atoms with E-state index in [0.717, 1.165) is 12.8 Å².